The quantitative estimate of drug-likeness (QED) is 0.126. The number of fused-ring (bicyclic) bond motifs is 1. The van der Waals surface area contributed by atoms with Crippen LogP contribution in [0.1, 0.15) is 32.6 Å². The lowest BCUT2D eigenvalue weighted by Crippen LogP contribution is -2.38. The second kappa shape index (κ2) is 13.4. The van der Waals surface area contributed by atoms with E-state index in [1.54, 1.807) is 6.20 Å². The van der Waals surface area contributed by atoms with E-state index in [0.29, 0.717) is 16.9 Å². The average Bonchev–Trinajstić information content (AvgIpc) is 3.84. The number of alkyl halides is 3. The van der Waals surface area contributed by atoms with Crippen LogP contribution in [-0.2, 0) is 11.7 Å². The topological polar surface area (TPSA) is 64.2 Å². The van der Waals surface area contributed by atoms with E-state index in [1.165, 1.54) is 30.3 Å². The molecule has 0 bridgehead atoms. The smallest absolute Gasteiger partial charge is 0.321 e. The number of hydrogen-bond acceptors (Lipinski definition) is 3. The number of hydrogen-bond donors (Lipinski definition) is 1. The Morgan fingerprint density at radius 1 is 0.623 bits per heavy atom. The van der Waals surface area contributed by atoms with Crippen LogP contribution in [0.4, 0.5) is 23.2 Å². The molecule has 1 amide bonds. The molecule has 0 spiro atoms. The number of anilines is 1. The van der Waals surface area contributed by atoms with Crippen molar-refractivity contribution in [1.82, 2.24) is 19.2 Å². The Hall–Kier alpha value is -6.81. The molecule has 0 fully saturated rings. The molecule has 53 heavy (non-hydrogen) atoms. The summed E-state index contributed by atoms with van der Waals surface area (Å²) in [6.07, 6.45) is 2.62. The SMILES string of the molecule is O=C(Nc1ccccc1C(F)(F)F)c1ccc(-c2cnc3ccc(-c4cnn(C(c5ccccc5)(c5ccccc5)c5ccccc5)c4)cn23)cc1F. The van der Waals surface area contributed by atoms with Gasteiger partial charge in [-0.2, -0.15) is 18.3 Å². The number of amides is 1. The molecule has 0 radical (unpaired) electrons. The lowest BCUT2D eigenvalue weighted by molar-refractivity contribution is -0.136. The highest BCUT2D eigenvalue weighted by atomic mass is 19.4. The summed E-state index contributed by atoms with van der Waals surface area (Å²) < 4.78 is 59.7. The third-order valence-electron chi connectivity index (χ3n) is 9.33. The lowest BCUT2D eigenvalue weighted by atomic mass is 9.77. The van der Waals surface area contributed by atoms with Gasteiger partial charge in [0.15, 0.2) is 0 Å². The van der Waals surface area contributed by atoms with Crippen molar-refractivity contribution in [1.29, 1.82) is 0 Å². The predicted molar refractivity (Wildman–Crippen MR) is 196 cm³/mol. The van der Waals surface area contributed by atoms with Crippen molar-refractivity contribution in [2.24, 2.45) is 0 Å². The number of pyridine rings is 1. The van der Waals surface area contributed by atoms with E-state index < -0.39 is 40.3 Å². The van der Waals surface area contributed by atoms with Gasteiger partial charge in [0.2, 0.25) is 0 Å². The zero-order chi connectivity index (χ0) is 36.6. The number of para-hydroxylation sites is 1. The van der Waals surface area contributed by atoms with Crippen molar-refractivity contribution in [3.63, 3.8) is 0 Å². The van der Waals surface area contributed by atoms with E-state index in [0.717, 1.165) is 39.9 Å². The molecule has 8 aromatic rings. The van der Waals surface area contributed by atoms with Crippen molar-refractivity contribution in [3.05, 3.63) is 204 Å². The van der Waals surface area contributed by atoms with Gasteiger partial charge in [0, 0.05) is 29.1 Å². The largest absolute Gasteiger partial charge is 0.418 e. The van der Waals surface area contributed by atoms with Gasteiger partial charge in [0.1, 0.15) is 17.0 Å². The van der Waals surface area contributed by atoms with E-state index >= 15 is 4.39 Å². The molecule has 0 saturated carbocycles. The van der Waals surface area contributed by atoms with E-state index in [4.69, 9.17) is 5.10 Å². The maximum atomic E-state index is 15.5. The number of nitrogens with zero attached hydrogens (tertiary/aromatic N) is 4. The highest BCUT2D eigenvalue weighted by molar-refractivity contribution is 6.05. The maximum absolute atomic E-state index is 15.5. The van der Waals surface area contributed by atoms with Crippen molar-refractivity contribution in [2.75, 3.05) is 5.32 Å². The fraction of sp³-hybridized carbons (Fsp3) is 0.0465. The molecule has 0 saturated heterocycles. The summed E-state index contributed by atoms with van der Waals surface area (Å²) in [5.74, 6) is -1.89. The van der Waals surface area contributed by atoms with Crippen LogP contribution >= 0.6 is 0 Å². The molecule has 8 rings (SSSR count). The second-order valence-electron chi connectivity index (χ2n) is 12.5. The van der Waals surface area contributed by atoms with Gasteiger partial charge in [-0.3, -0.25) is 13.9 Å². The van der Waals surface area contributed by atoms with E-state index in [9.17, 15) is 18.0 Å². The number of carbonyl (C=O) groups excluding carboxylic acids is 1. The Morgan fingerprint density at radius 2 is 1.21 bits per heavy atom. The van der Waals surface area contributed by atoms with Crippen LogP contribution < -0.4 is 5.32 Å². The second-order valence-corrected chi connectivity index (χ2v) is 12.5. The van der Waals surface area contributed by atoms with Crippen LogP contribution in [0, 0.1) is 5.82 Å². The number of benzene rings is 5. The van der Waals surface area contributed by atoms with Gasteiger partial charge < -0.3 is 5.32 Å². The summed E-state index contributed by atoms with van der Waals surface area (Å²) in [4.78, 5) is 17.4. The van der Waals surface area contributed by atoms with Crippen molar-refractivity contribution < 1.29 is 22.4 Å². The van der Waals surface area contributed by atoms with Crippen LogP contribution in [0.15, 0.2) is 170 Å². The summed E-state index contributed by atoms with van der Waals surface area (Å²) in [7, 11) is 0. The molecular formula is C43H29F4N5O. The number of carbonyl (C=O) groups is 1. The van der Waals surface area contributed by atoms with Gasteiger partial charge in [-0.15, -0.1) is 0 Å². The highest BCUT2D eigenvalue weighted by Crippen LogP contribution is 2.41. The number of nitrogens with one attached hydrogen (secondary N) is 1. The maximum Gasteiger partial charge on any atom is 0.418 e. The van der Waals surface area contributed by atoms with Gasteiger partial charge in [-0.25, -0.2) is 9.37 Å². The van der Waals surface area contributed by atoms with Crippen LogP contribution in [0.3, 0.4) is 0 Å². The molecule has 3 heterocycles. The normalized spacial score (nSPS) is 11.8. The fourth-order valence-corrected chi connectivity index (χ4v) is 6.84. The monoisotopic (exact) mass is 707 g/mol. The first-order valence-electron chi connectivity index (χ1n) is 16.7. The Bertz CT molecular complexity index is 2470. The summed E-state index contributed by atoms with van der Waals surface area (Å²) >= 11 is 0. The van der Waals surface area contributed by atoms with Gasteiger partial charge in [-0.05, 0) is 53.1 Å². The number of rotatable bonds is 8. The molecule has 3 aromatic heterocycles. The first kappa shape index (κ1) is 33.3. The van der Waals surface area contributed by atoms with Crippen molar-refractivity contribution in [2.45, 2.75) is 11.7 Å². The summed E-state index contributed by atoms with van der Waals surface area (Å²) in [6, 6.07) is 43.0. The zero-order valence-electron chi connectivity index (χ0n) is 27.9. The molecule has 6 nitrogen and oxygen atoms in total. The molecule has 10 heteroatoms. The Balaban J connectivity index is 1.16. The summed E-state index contributed by atoms with van der Waals surface area (Å²) in [5.41, 5.74) is 3.65. The Morgan fingerprint density at radius 3 is 1.81 bits per heavy atom. The first-order chi connectivity index (χ1) is 25.7. The zero-order valence-corrected chi connectivity index (χ0v) is 27.9. The molecule has 0 atom stereocenters. The van der Waals surface area contributed by atoms with Crippen LogP contribution in [0.5, 0.6) is 0 Å². The number of imidazole rings is 1. The molecular weight excluding hydrogens is 678 g/mol. The Kier molecular flexibility index (Phi) is 8.42. The molecule has 0 aliphatic rings. The van der Waals surface area contributed by atoms with Gasteiger partial charge in [0.25, 0.3) is 5.91 Å². The molecule has 260 valence electrons. The van der Waals surface area contributed by atoms with E-state index in [2.05, 4.69) is 46.7 Å². The van der Waals surface area contributed by atoms with Gasteiger partial charge in [0.05, 0.1) is 34.9 Å². The predicted octanol–water partition coefficient (Wildman–Crippen LogP) is 10.1. The number of halogens is 4. The molecule has 1 N–H and O–H groups in total. The van der Waals surface area contributed by atoms with Crippen LogP contribution in [-0.4, -0.2) is 25.1 Å². The molecule has 0 aliphatic carbocycles. The summed E-state index contributed by atoms with van der Waals surface area (Å²) in [6.45, 7) is 0. The van der Waals surface area contributed by atoms with Crippen molar-refractivity contribution >= 4 is 17.2 Å². The highest BCUT2D eigenvalue weighted by Gasteiger charge is 2.39. The molecule has 0 aliphatic heterocycles. The number of aromatic nitrogens is 4. The fourth-order valence-electron chi connectivity index (χ4n) is 6.84. The standard InChI is InChI=1S/C43H29F4N5O/c44-37-24-29(20-22-35(37)41(53)50-38-19-11-10-18-36(38)43(45,46)47)39-26-48-40-23-21-30(27-51(39)40)31-25-49-52(28-31)42(32-12-4-1-5-13-32,33-14-6-2-7-15-33)34-16-8-3-9-17-34/h1-28H,(H,50,53). The van der Waals surface area contributed by atoms with E-state index in [1.807, 2.05) is 94.4 Å². The average molecular weight is 708 g/mol. The van der Waals surface area contributed by atoms with Crippen LogP contribution in [0.25, 0.3) is 28.0 Å². The minimum Gasteiger partial charge on any atom is -0.321 e. The third-order valence-corrected chi connectivity index (χ3v) is 9.33. The lowest BCUT2D eigenvalue weighted by Gasteiger charge is -2.36. The van der Waals surface area contributed by atoms with Crippen LogP contribution in [0.2, 0.25) is 0 Å². The van der Waals surface area contributed by atoms with Gasteiger partial charge >= 0.3 is 6.18 Å². The van der Waals surface area contributed by atoms with Crippen molar-refractivity contribution in [3.8, 4) is 22.4 Å². The summed E-state index contributed by atoms with van der Waals surface area (Å²) in [5, 5.41) is 7.17. The Labute approximate surface area is 301 Å². The third kappa shape index (κ3) is 6.03. The van der Waals surface area contributed by atoms with E-state index in [-0.39, 0.29) is 0 Å². The first-order valence-corrected chi connectivity index (χ1v) is 16.7. The molecule has 5 aromatic carbocycles. The minimum absolute atomic E-state index is 0.397. The van der Waals surface area contributed by atoms with Gasteiger partial charge in [-0.1, -0.05) is 109 Å². The molecule has 0 unspecified atom stereocenters. The minimum atomic E-state index is -4.69.